The molecule has 15 heavy (non-hydrogen) atoms. The van der Waals surface area contributed by atoms with Crippen LogP contribution in [0.3, 0.4) is 0 Å². The van der Waals surface area contributed by atoms with Crippen LogP contribution in [0.25, 0.3) is 0 Å². The number of carbonyl (C=O) groups excluding carboxylic acids is 1. The molecule has 0 atom stereocenters. The van der Waals surface area contributed by atoms with Crippen LogP contribution >= 0.6 is 0 Å². The van der Waals surface area contributed by atoms with Crippen LogP contribution in [0, 0.1) is 0 Å². The largest absolute Gasteiger partial charge is 0.379 e. The molecule has 1 fully saturated rings. The van der Waals surface area contributed by atoms with E-state index in [0.717, 1.165) is 26.3 Å². The van der Waals surface area contributed by atoms with Gasteiger partial charge in [0.25, 0.3) is 0 Å². The number of morpholine rings is 1. The van der Waals surface area contributed by atoms with Crippen molar-refractivity contribution in [1.29, 1.82) is 0 Å². The predicted molar refractivity (Wildman–Crippen MR) is 58.3 cm³/mol. The van der Waals surface area contributed by atoms with Gasteiger partial charge in [-0.25, -0.2) is 10.4 Å². The van der Waals surface area contributed by atoms with Gasteiger partial charge in [0.15, 0.2) is 0 Å². The molecule has 0 unspecified atom stereocenters. The molecule has 5 heteroatoms. The van der Waals surface area contributed by atoms with Crippen molar-refractivity contribution in [2.75, 3.05) is 32.8 Å². The van der Waals surface area contributed by atoms with Crippen LogP contribution in [0.1, 0.15) is 20.8 Å². The van der Waals surface area contributed by atoms with Crippen LogP contribution in [0.5, 0.6) is 0 Å². The zero-order valence-corrected chi connectivity index (χ0v) is 9.80. The summed E-state index contributed by atoms with van der Waals surface area (Å²) in [5.74, 6) is 0.0222. The van der Waals surface area contributed by atoms with E-state index in [2.05, 4.69) is 10.7 Å². The van der Waals surface area contributed by atoms with Crippen LogP contribution in [0.2, 0.25) is 0 Å². The molecule has 0 saturated carbocycles. The highest BCUT2D eigenvalue weighted by molar-refractivity contribution is 5.78. The van der Waals surface area contributed by atoms with Crippen molar-refractivity contribution in [3.05, 3.63) is 0 Å². The summed E-state index contributed by atoms with van der Waals surface area (Å²) in [5, 5.41) is 4.92. The van der Waals surface area contributed by atoms with E-state index in [1.807, 2.05) is 25.8 Å². The van der Waals surface area contributed by atoms with E-state index >= 15 is 0 Å². The molecule has 2 N–H and O–H groups in total. The van der Waals surface area contributed by atoms with E-state index < -0.39 is 0 Å². The lowest BCUT2D eigenvalue weighted by molar-refractivity contribution is -0.123. The topological polar surface area (TPSA) is 53.6 Å². The lowest BCUT2D eigenvalue weighted by atomic mass is 10.1. The molecule has 1 saturated heterocycles. The molecule has 1 heterocycles. The van der Waals surface area contributed by atoms with Crippen molar-refractivity contribution in [1.82, 2.24) is 15.8 Å². The van der Waals surface area contributed by atoms with Crippen LogP contribution in [-0.4, -0.2) is 49.3 Å². The summed E-state index contributed by atoms with van der Waals surface area (Å²) in [6, 6.07) is 0. The molecular weight excluding hydrogens is 194 g/mol. The van der Waals surface area contributed by atoms with Crippen LogP contribution < -0.4 is 10.7 Å². The number of ether oxygens (including phenoxy) is 1. The lowest BCUT2D eigenvalue weighted by Crippen LogP contribution is -2.51. The third kappa shape index (κ3) is 5.71. The molecule has 0 aliphatic carbocycles. The first-order valence-electron chi connectivity index (χ1n) is 5.34. The van der Waals surface area contributed by atoms with E-state index in [4.69, 9.17) is 4.74 Å². The molecule has 0 aromatic carbocycles. The zero-order chi connectivity index (χ0) is 11.3. The van der Waals surface area contributed by atoms with E-state index in [-0.39, 0.29) is 11.4 Å². The fourth-order valence-electron chi connectivity index (χ4n) is 1.37. The Bertz CT molecular complexity index is 207. The molecule has 0 spiro atoms. The summed E-state index contributed by atoms with van der Waals surface area (Å²) >= 11 is 0. The number of rotatable bonds is 3. The highest BCUT2D eigenvalue weighted by Gasteiger charge is 2.15. The predicted octanol–water partition coefficient (Wildman–Crippen LogP) is -0.262. The number of nitrogens with one attached hydrogen (secondary N) is 2. The maximum absolute atomic E-state index is 11.5. The molecule has 5 nitrogen and oxygen atoms in total. The molecule has 0 aromatic heterocycles. The Labute approximate surface area is 91.1 Å². The number of amides is 1. The molecule has 0 aromatic rings. The molecule has 0 bridgehead atoms. The van der Waals surface area contributed by atoms with Gasteiger partial charge >= 0.3 is 0 Å². The highest BCUT2D eigenvalue weighted by atomic mass is 16.5. The number of hydrazine groups is 1. The standard InChI is InChI=1S/C10H21N3O2/c1-10(2,3)12-9(14)8-11-13-4-6-15-7-5-13/h11H,4-8H2,1-3H3,(H,12,14). The Morgan fingerprint density at radius 3 is 2.47 bits per heavy atom. The molecule has 88 valence electrons. The van der Waals surface area contributed by atoms with Gasteiger partial charge in [0.2, 0.25) is 5.91 Å². The molecular formula is C10H21N3O2. The summed E-state index contributed by atoms with van der Waals surface area (Å²) in [5.41, 5.74) is 2.92. The van der Waals surface area contributed by atoms with E-state index in [9.17, 15) is 4.79 Å². The zero-order valence-electron chi connectivity index (χ0n) is 9.80. The van der Waals surface area contributed by atoms with Crippen molar-refractivity contribution < 1.29 is 9.53 Å². The monoisotopic (exact) mass is 215 g/mol. The van der Waals surface area contributed by atoms with Crippen LogP contribution in [0.15, 0.2) is 0 Å². The molecule has 1 aliphatic heterocycles. The third-order valence-corrected chi connectivity index (χ3v) is 1.99. The lowest BCUT2D eigenvalue weighted by Gasteiger charge is -2.28. The van der Waals surface area contributed by atoms with E-state index in [0.29, 0.717) is 6.54 Å². The van der Waals surface area contributed by atoms with Gasteiger partial charge in [-0.15, -0.1) is 0 Å². The van der Waals surface area contributed by atoms with Crippen molar-refractivity contribution in [3.8, 4) is 0 Å². The first-order chi connectivity index (χ1) is 6.97. The van der Waals surface area contributed by atoms with Gasteiger partial charge in [0.1, 0.15) is 0 Å². The second-order valence-corrected chi connectivity index (χ2v) is 4.73. The minimum atomic E-state index is -0.163. The summed E-state index contributed by atoms with van der Waals surface area (Å²) in [6.45, 7) is 9.38. The Morgan fingerprint density at radius 1 is 1.33 bits per heavy atom. The number of nitrogens with zero attached hydrogens (tertiary/aromatic N) is 1. The van der Waals surface area contributed by atoms with E-state index in [1.54, 1.807) is 0 Å². The summed E-state index contributed by atoms with van der Waals surface area (Å²) in [4.78, 5) is 11.5. The maximum atomic E-state index is 11.5. The minimum Gasteiger partial charge on any atom is -0.379 e. The Morgan fingerprint density at radius 2 is 1.93 bits per heavy atom. The van der Waals surface area contributed by atoms with Crippen molar-refractivity contribution in [2.45, 2.75) is 26.3 Å². The minimum absolute atomic E-state index is 0.0222. The van der Waals surface area contributed by atoms with Crippen LogP contribution in [-0.2, 0) is 9.53 Å². The molecule has 1 aliphatic rings. The quantitative estimate of drug-likeness (QED) is 0.681. The van der Waals surface area contributed by atoms with Gasteiger partial charge in [0, 0.05) is 18.6 Å². The average Bonchev–Trinajstić information content (AvgIpc) is 2.14. The first kappa shape index (κ1) is 12.4. The Balaban J connectivity index is 2.15. The second-order valence-electron chi connectivity index (χ2n) is 4.73. The van der Waals surface area contributed by atoms with Gasteiger partial charge in [0.05, 0.1) is 19.8 Å². The normalized spacial score (nSPS) is 18.9. The number of hydrogen-bond donors (Lipinski definition) is 2. The Kier molecular flexibility index (Phi) is 4.50. The van der Waals surface area contributed by atoms with Gasteiger partial charge < -0.3 is 10.1 Å². The van der Waals surface area contributed by atoms with Gasteiger partial charge in [-0.1, -0.05) is 0 Å². The first-order valence-corrected chi connectivity index (χ1v) is 5.34. The van der Waals surface area contributed by atoms with Gasteiger partial charge in [-0.05, 0) is 20.8 Å². The van der Waals surface area contributed by atoms with Crippen molar-refractivity contribution >= 4 is 5.91 Å². The molecule has 0 radical (unpaired) electrons. The number of hydrogen-bond acceptors (Lipinski definition) is 4. The third-order valence-electron chi connectivity index (χ3n) is 1.99. The molecule has 1 rings (SSSR count). The smallest absolute Gasteiger partial charge is 0.235 e. The summed E-state index contributed by atoms with van der Waals surface area (Å²) in [7, 11) is 0. The van der Waals surface area contributed by atoms with Gasteiger partial charge in [-0.2, -0.15) is 0 Å². The fraction of sp³-hybridized carbons (Fsp3) is 0.900. The van der Waals surface area contributed by atoms with Crippen molar-refractivity contribution in [2.24, 2.45) is 0 Å². The van der Waals surface area contributed by atoms with Crippen LogP contribution in [0.4, 0.5) is 0 Å². The second kappa shape index (κ2) is 5.44. The maximum Gasteiger partial charge on any atom is 0.235 e. The Hall–Kier alpha value is -0.650. The van der Waals surface area contributed by atoms with Crippen molar-refractivity contribution in [3.63, 3.8) is 0 Å². The highest BCUT2D eigenvalue weighted by Crippen LogP contribution is 1.97. The van der Waals surface area contributed by atoms with Gasteiger partial charge in [-0.3, -0.25) is 4.79 Å². The molecule has 1 amide bonds. The summed E-state index contributed by atoms with van der Waals surface area (Å²) in [6.07, 6.45) is 0. The van der Waals surface area contributed by atoms with E-state index in [1.165, 1.54) is 0 Å². The SMILES string of the molecule is CC(C)(C)NC(=O)CNN1CCOCC1. The number of carbonyl (C=O) groups is 1. The summed E-state index contributed by atoms with van der Waals surface area (Å²) < 4.78 is 5.20. The fourth-order valence-corrected chi connectivity index (χ4v) is 1.37. The average molecular weight is 215 g/mol.